The molecule has 0 atom stereocenters. The van der Waals surface area contributed by atoms with Gasteiger partial charge in [-0.25, -0.2) is 0 Å². The zero-order valence-electron chi connectivity index (χ0n) is 7.74. The van der Waals surface area contributed by atoms with Gasteiger partial charge in [0.2, 0.25) is 0 Å². The lowest BCUT2D eigenvalue weighted by atomic mass is 9.96. The highest BCUT2D eigenvalue weighted by atomic mass is 127. The Hall–Kier alpha value is -1.23. The molecule has 0 amide bonds. The van der Waals surface area contributed by atoms with Crippen LogP contribution in [0.1, 0.15) is 5.56 Å². The van der Waals surface area contributed by atoms with E-state index in [9.17, 15) is 9.59 Å². The summed E-state index contributed by atoms with van der Waals surface area (Å²) in [7, 11) is 0. The maximum absolute atomic E-state index is 11.5. The van der Waals surface area contributed by atoms with Gasteiger partial charge in [-0.2, -0.15) is 0 Å². The molecular formula is C12H7IO2. The van der Waals surface area contributed by atoms with E-state index in [2.05, 4.69) is 22.6 Å². The zero-order chi connectivity index (χ0) is 10.8. The maximum Gasteiger partial charge on any atom is 0.186 e. The second kappa shape index (κ2) is 4.10. The van der Waals surface area contributed by atoms with Crippen LogP contribution in [0, 0.1) is 3.57 Å². The van der Waals surface area contributed by atoms with E-state index in [-0.39, 0.29) is 11.6 Å². The predicted molar refractivity (Wildman–Crippen MR) is 66.3 cm³/mol. The average molecular weight is 310 g/mol. The van der Waals surface area contributed by atoms with Crippen molar-refractivity contribution in [1.82, 2.24) is 0 Å². The Morgan fingerprint density at radius 2 is 1.60 bits per heavy atom. The average Bonchev–Trinajstić information content (AvgIpc) is 2.23. The first kappa shape index (κ1) is 10.3. The summed E-state index contributed by atoms with van der Waals surface area (Å²) < 4.78 is 1.10. The van der Waals surface area contributed by atoms with Gasteiger partial charge in [0, 0.05) is 9.14 Å². The highest BCUT2D eigenvalue weighted by molar-refractivity contribution is 14.1. The lowest BCUT2D eigenvalue weighted by Gasteiger charge is -2.06. The van der Waals surface area contributed by atoms with Crippen LogP contribution < -0.4 is 0 Å². The molecule has 1 aliphatic rings. The highest BCUT2D eigenvalue weighted by Gasteiger charge is 2.14. The summed E-state index contributed by atoms with van der Waals surface area (Å²) in [5.41, 5.74) is 1.26. The number of hydrogen-bond donors (Lipinski definition) is 0. The standard InChI is InChI=1S/C12H7IO2/c13-9-3-1-8(2-4-9)11-7-10(14)5-6-12(11)15/h1-7H. The number of carbonyl (C=O) groups excluding carboxylic acids is 2. The molecule has 0 heterocycles. The number of carbonyl (C=O) groups is 2. The summed E-state index contributed by atoms with van der Waals surface area (Å²) in [6.07, 6.45) is 3.98. The topological polar surface area (TPSA) is 34.1 Å². The number of rotatable bonds is 1. The van der Waals surface area contributed by atoms with E-state index in [0.29, 0.717) is 5.57 Å². The zero-order valence-corrected chi connectivity index (χ0v) is 9.89. The maximum atomic E-state index is 11.5. The summed E-state index contributed by atoms with van der Waals surface area (Å²) >= 11 is 2.19. The smallest absolute Gasteiger partial charge is 0.186 e. The Labute approximate surface area is 101 Å². The number of ketones is 2. The van der Waals surface area contributed by atoms with Crippen molar-refractivity contribution in [3.8, 4) is 0 Å². The summed E-state index contributed by atoms with van der Waals surface area (Å²) in [6.45, 7) is 0. The first-order valence-electron chi connectivity index (χ1n) is 4.41. The van der Waals surface area contributed by atoms with Crippen LogP contribution in [0.5, 0.6) is 0 Å². The molecule has 1 aliphatic carbocycles. The molecule has 1 aromatic carbocycles. The molecule has 0 spiro atoms. The molecule has 0 fully saturated rings. The minimum atomic E-state index is -0.136. The van der Waals surface area contributed by atoms with E-state index in [0.717, 1.165) is 9.13 Å². The Morgan fingerprint density at radius 1 is 0.933 bits per heavy atom. The minimum Gasteiger partial charge on any atom is -0.290 e. The molecule has 0 saturated heterocycles. The van der Waals surface area contributed by atoms with Crippen molar-refractivity contribution in [2.75, 3.05) is 0 Å². The van der Waals surface area contributed by atoms with Crippen molar-refractivity contribution in [3.05, 3.63) is 51.6 Å². The van der Waals surface area contributed by atoms with Crippen molar-refractivity contribution >= 4 is 39.7 Å². The van der Waals surface area contributed by atoms with Gasteiger partial charge in [0.15, 0.2) is 11.6 Å². The van der Waals surface area contributed by atoms with Gasteiger partial charge < -0.3 is 0 Å². The number of hydrogen-bond acceptors (Lipinski definition) is 2. The molecule has 0 radical (unpaired) electrons. The normalized spacial score (nSPS) is 15.4. The van der Waals surface area contributed by atoms with E-state index in [1.165, 1.54) is 18.2 Å². The molecule has 74 valence electrons. The minimum absolute atomic E-state index is 0.115. The molecular weight excluding hydrogens is 303 g/mol. The van der Waals surface area contributed by atoms with Gasteiger partial charge in [-0.1, -0.05) is 12.1 Å². The molecule has 3 heteroatoms. The first-order valence-corrected chi connectivity index (χ1v) is 5.49. The third-order valence-corrected chi connectivity index (χ3v) is 2.83. The van der Waals surface area contributed by atoms with Crippen molar-refractivity contribution in [1.29, 1.82) is 0 Å². The third kappa shape index (κ3) is 2.23. The van der Waals surface area contributed by atoms with E-state index in [1.54, 1.807) is 0 Å². The number of benzene rings is 1. The largest absolute Gasteiger partial charge is 0.290 e. The first-order chi connectivity index (χ1) is 7.16. The molecule has 0 N–H and O–H groups in total. The highest BCUT2D eigenvalue weighted by Crippen LogP contribution is 2.20. The van der Waals surface area contributed by atoms with Crippen LogP contribution >= 0.6 is 22.6 Å². The Morgan fingerprint density at radius 3 is 2.27 bits per heavy atom. The third-order valence-electron chi connectivity index (χ3n) is 2.11. The van der Waals surface area contributed by atoms with Crippen LogP contribution in [0.25, 0.3) is 5.57 Å². The number of allylic oxidation sites excluding steroid dienone is 4. The summed E-state index contributed by atoms with van der Waals surface area (Å²) in [6, 6.07) is 7.51. The van der Waals surface area contributed by atoms with Gasteiger partial charge in [0.1, 0.15) is 0 Å². The predicted octanol–water partition coefficient (Wildman–Crippen LogP) is 2.38. The Bertz CT molecular complexity index is 481. The van der Waals surface area contributed by atoms with Gasteiger partial charge in [0.05, 0.1) is 0 Å². The van der Waals surface area contributed by atoms with Crippen LogP contribution in [0.15, 0.2) is 42.5 Å². The molecule has 15 heavy (non-hydrogen) atoms. The van der Waals surface area contributed by atoms with Crippen molar-refractivity contribution in [3.63, 3.8) is 0 Å². The quantitative estimate of drug-likeness (QED) is 0.589. The Kier molecular flexibility index (Phi) is 2.81. The second-order valence-electron chi connectivity index (χ2n) is 3.16. The Balaban J connectivity index is 2.43. The SMILES string of the molecule is O=C1C=CC(=O)C(c2ccc(I)cc2)=C1. The van der Waals surface area contributed by atoms with Crippen LogP contribution in [0.2, 0.25) is 0 Å². The van der Waals surface area contributed by atoms with Gasteiger partial charge in [-0.15, -0.1) is 0 Å². The molecule has 0 aliphatic heterocycles. The van der Waals surface area contributed by atoms with Crippen LogP contribution in [0.3, 0.4) is 0 Å². The van der Waals surface area contributed by atoms with Crippen LogP contribution in [0.4, 0.5) is 0 Å². The molecule has 0 aromatic heterocycles. The molecule has 0 saturated carbocycles. The van der Waals surface area contributed by atoms with Gasteiger partial charge in [-0.05, 0) is 58.5 Å². The summed E-state index contributed by atoms with van der Waals surface area (Å²) in [5.74, 6) is -0.251. The van der Waals surface area contributed by atoms with Gasteiger partial charge in [0.25, 0.3) is 0 Å². The lowest BCUT2D eigenvalue weighted by molar-refractivity contribution is -0.113. The molecule has 0 unspecified atom stereocenters. The fourth-order valence-corrected chi connectivity index (χ4v) is 1.72. The van der Waals surface area contributed by atoms with Crippen LogP contribution in [-0.4, -0.2) is 11.6 Å². The van der Waals surface area contributed by atoms with Gasteiger partial charge in [-0.3, -0.25) is 9.59 Å². The molecule has 2 nitrogen and oxygen atoms in total. The summed E-state index contributed by atoms with van der Waals surface area (Å²) in [5, 5.41) is 0. The fourth-order valence-electron chi connectivity index (χ4n) is 1.36. The van der Waals surface area contributed by atoms with E-state index >= 15 is 0 Å². The molecule has 2 rings (SSSR count). The van der Waals surface area contributed by atoms with Crippen molar-refractivity contribution in [2.45, 2.75) is 0 Å². The molecule has 0 bridgehead atoms. The monoisotopic (exact) mass is 310 g/mol. The van der Waals surface area contributed by atoms with Gasteiger partial charge >= 0.3 is 0 Å². The lowest BCUT2D eigenvalue weighted by Crippen LogP contribution is -2.06. The van der Waals surface area contributed by atoms with Crippen molar-refractivity contribution in [2.24, 2.45) is 0 Å². The van der Waals surface area contributed by atoms with E-state index in [4.69, 9.17) is 0 Å². The van der Waals surface area contributed by atoms with E-state index in [1.807, 2.05) is 24.3 Å². The fraction of sp³-hybridized carbons (Fsp3) is 0. The van der Waals surface area contributed by atoms with E-state index < -0.39 is 0 Å². The van der Waals surface area contributed by atoms with Crippen molar-refractivity contribution < 1.29 is 9.59 Å². The van der Waals surface area contributed by atoms with Crippen LogP contribution in [-0.2, 0) is 9.59 Å². The summed E-state index contributed by atoms with van der Waals surface area (Å²) in [4.78, 5) is 22.7. The number of halogens is 1. The molecule has 1 aromatic rings. The second-order valence-corrected chi connectivity index (χ2v) is 4.41.